The minimum atomic E-state index is 0.606. The van der Waals surface area contributed by atoms with Crippen LogP contribution < -0.4 is 5.73 Å². The molecule has 1 aromatic carbocycles. The molecule has 0 heterocycles. The molecule has 1 aromatic rings. The third-order valence-electron chi connectivity index (χ3n) is 2.40. The van der Waals surface area contributed by atoms with Crippen molar-refractivity contribution >= 4 is 5.57 Å². The predicted octanol–water partition coefficient (Wildman–Crippen LogP) is 3.51. The Balaban J connectivity index is 3.01. The van der Waals surface area contributed by atoms with E-state index in [2.05, 4.69) is 43.3 Å². The van der Waals surface area contributed by atoms with Crippen LogP contribution >= 0.6 is 0 Å². The van der Waals surface area contributed by atoms with Crippen molar-refractivity contribution in [2.45, 2.75) is 26.8 Å². The fourth-order valence-electron chi connectivity index (χ4n) is 1.53. The number of allylic oxidation sites excluding steroid dienone is 4. The molecule has 2 N–H and O–H groups in total. The van der Waals surface area contributed by atoms with Crippen LogP contribution in [0.4, 0.5) is 0 Å². The summed E-state index contributed by atoms with van der Waals surface area (Å²) >= 11 is 0. The van der Waals surface area contributed by atoms with Gasteiger partial charge in [0.05, 0.1) is 0 Å². The van der Waals surface area contributed by atoms with E-state index in [0.717, 1.165) is 6.42 Å². The first-order valence-electron chi connectivity index (χ1n) is 5.43. The van der Waals surface area contributed by atoms with Gasteiger partial charge in [0.15, 0.2) is 0 Å². The van der Waals surface area contributed by atoms with E-state index in [0.29, 0.717) is 6.54 Å². The molecule has 0 fully saturated rings. The van der Waals surface area contributed by atoms with E-state index in [1.807, 2.05) is 13.0 Å². The molecular weight excluding hydrogens is 182 g/mol. The maximum absolute atomic E-state index is 5.63. The molecule has 15 heavy (non-hydrogen) atoms. The molecule has 0 aromatic heterocycles. The first kappa shape index (κ1) is 11.7. The Morgan fingerprint density at radius 1 is 1.40 bits per heavy atom. The summed E-state index contributed by atoms with van der Waals surface area (Å²) in [6.45, 7) is 4.80. The third-order valence-corrected chi connectivity index (χ3v) is 2.40. The molecule has 0 atom stereocenters. The highest BCUT2D eigenvalue weighted by atomic mass is 14.5. The summed E-state index contributed by atoms with van der Waals surface area (Å²) in [5.74, 6) is 0. The molecule has 0 unspecified atom stereocenters. The van der Waals surface area contributed by atoms with Crippen LogP contribution in [0.1, 0.15) is 31.4 Å². The molecule has 0 bridgehead atoms. The zero-order chi connectivity index (χ0) is 11.1. The Bertz CT molecular complexity index is 361. The largest absolute Gasteiger partial charge is 0.326 e. The molecule has 80 valence electrons. The van der Waals surface area contributed by atoms with Crippen LogP contribution in [-0.2, 0) is 6.54 Å². The molecule has 1 heteroatoms. The van der Waals surface area contributed by atoms with Crippen LogP contribution in [0.25, 0.3) is 5.57 Å². The topological polar surface area (TPSA) is 26.0 Å². The van der Waals surface area contributed by atoms with Crippen LogP contribution in [0.15, 0.2) is 42.5 Å². The monoisotopic (exact) mass is 201 g/mol. The number of rotatable bonds is 4. The summed E-state index contributed by atoms with van der Waals surface area (Å²) in [5.41, 5.74) is 9.44. The maximum Gasteiger partial charge on any atom is 0.0178 e. The second-order valence-corrected chi connectivity index (χ2v) is 3.48. The van der Waals surface area contributed by atoms with E-state index < -0.39 is 0 Å². The van der Waals surface area contributed by atoms with Gasteiger partial charge >= 0.3 is 0 Å². The van der Waals surface area contributed by atoms with Gasteiger partial charge in [0.2, 0.25) is 0 Å². The van der Waals surface area contributed by atoms with Crippen molar-refractivity contribution in [3.05, 3.63) is 53.6 Å². The quantitative estimate of drug-likeness (QED) is 0.741. The number of hydrogen-bond donors (Lipinski definition) is 1. The molecular formula is C14H19N. The smallest absolute Gasteiger partial charge is 0.0178 e. The molecule has 0 saturated heterocycles. The molecule has 0 saturated carbocycles. The van der Waals surface area contributed by atoms with E-state index in [-0.39, 0.29) is 0 Å². The van der Waals surface area contributed by atoms with Gasteiger partial charge in [0.25, 0.3) is 0 Å². The van der Waals surface area contributed by atoms with E-state index >= 15 is 0 Å². The summed E-state index contributed by atoms with van der Waals surface area (Å²) in [4.78, 5) is 0. The third kappa shape index (κ3) is 3.37. The SMILES string of the molecule is C/C=C\C=C(/CC)c1cccc(CN)c1. The van der Waals surface area contributed by atoms with Crippen molar-refractivity contribution in [2.24, 2.45) is 5.73 Å². The summed E-state index contributed by atoms with van der Waals surface area (Å²) < 4.78 is 0. The minimum absolute atomic E-state index is 0.606. The zero-order valence-electron chi connectivity index (χ0n) is 9.53. The Labute approximate surface area is 92.3 Å². The Morgan fingerprint density at radius 2 is 2.20 bits per heavy atom. The van der Waals surface area contributed by atoms with Gasteiger partial charge in [-0.25, -0.2) is 0 Å². The fourth-order valence-corrected chi connectivity index (χ4v) is 1.53. The lowest BCUT2D eigenvalue weighted by Gasteiger charge is -2.06. The highest BCUT2D eigenvalue weighted by molar-refractivity contribution is 5.67. The zero-order valence-corrected chi connectivity index (χ0v) is 9.53. The molecule has 0 aliphatic rings. The Kier molecular flexibility index (Phi) is 4.85. The van der Waals surface area contributed by atoms with Crippen LogP contribution in [0.3, 0.4) is 0 Å². The van der Waals surface area contributed by atoms with Gasteiger partial charge in [-0.05, 0) is 30.0 Å². The van der Waals surface area contributed by atoms with Gasteiger partial charge in [-0.1, -0.05) is 49.4 Å². The second-order valence-electron chi connectivity index (χ2n) is 3.48. The number of nitrogens with two attached hydrogens (primary N) is 1. The van der Waals surface area contributed by atoms with Crippen LogP contribution in [-0.4, -0.2) is 0 Å². The number of hydrogen-bond acceptors (Lipinski definition) is 1. The normalized spacial score (nSPS) is 12.3. The standard InChI is InChI=1S/C14H19N/c1-3-5-8-13(4-2)14-9-6-7-12(10-14)11-15/h3,5-10H,4,11,15H2,1-2H3/b5-3-,13-8+. The molecule has 0 spiro atoms. The van der Waals surface area contributed by atoms with Crippen molar-refractivity contribution < 1.29 is 0 Å². The van der Waals surface area contributed by atoms with E-state index in [1.54, 1.807) is 0 Å². The molecule has 0 radical (unpaired) electrons. The number of benzene rings is 1. The predicted molar refractivity (Wildman–Crippen MR) is 67.4 cm³/mol. The fraction of sp³-hybridized carbons (Fsp3) is 0.286. The molecule has 0 amide bonds. The van der Waals surface area contributed by atoms with Gasteiger partial charge < -0.3 is 5.73 Å². The second kappa shape index (κ2) is 6.20. The molecule has 0 aliphatic heterocycles. The van der Waals surface area contributed by atoms with Gasteiger partial charge in [-0.3, -0.25) is 0 Å². The lowest BCUT2D eigenvalue weighted by Crippen LogP contribution is -1.96. The van der Waals surface area contributed by atoms with Gasteiger partial charge in [0.1, 0.15) is 0 Å². The van der Waals surface area contributed by atoms with E-state index in [9.17, 15) is 0 Å². The summed E-state index contributed by atoms with van der Waals surface area (Å²) in [5, 5.41) is 0. The van der Waals surface area contributed by atoms with Crippen LogP contribution in [0.5, 0.6) is 0 Å². The first-order valence-corrected chi connectivity index (χ1v) is 5.43. The van der Waals surface area contributed by atoms with Crippen LogP contribution in [0.2, 0.25) is 0 Å². The van der Waals surface area contributed by atoms with Crippen molar-refractivity contribution in [1.29, 1.82) is 0 Å². The van der Waals surface area contributed by atoms with Gasteiger partial charge in [-0.15, -0.1) is 0 Å². The van der Waals surface area contributed by atoms with Crippen molar-refractivity contribution in [2.75, 3.05) is 0 Å². The van der Waals surface area contributed by atoms with Crippen molar-refractivity contribution in [3.63, 3.8) is 0 Å². The van der Waals surface area contributed by atoms with Crippen molar-refractivity contribution in [1.82, 2.24) is 0 Å². The first-order chi connectivity index (χ1) is 7.31. The maximum atomic E-state index is 5.63. The van der Waals surface area contributed by atoms with E-state index in [1.165, 1.54) is 16.7 Å². The summed E-state index contributed by atoms with van der Waals surface area (Å²) in [7, 11) is 0. The highest BCUT2D eigenvalue weighted by Crippen LogP contribution is 2.19. The molecule has 1 nitrogen and oxygen atoms in total. The average molecular weight is 201 g/mol. The Morgan fingerprint density at radius 3 is 2.80 bits per heavy atom. The van der Waals surface area contributed by atoms with Crippen LogP contribution in [0, 0.1) is 0 Å². The van der Waals surface area contributed by atoms with Gasteiger partial charge in [-0.2, -0.15) is 0 Å². The van der Waals surface area contributed by atoms with Gasteiger partial charge in [0, 0.05) is 6.54 Å². The lowest BCUT2D eigenvalue weighted by molar-refractivity contribution is 1.07. The lowest BCUT2D eigenvalue weighted by atomic mass is 10.0. The summed E-state index contributed by atoms with van der Waals surface area (Å²) in [6.07, 6.45) is 7.32. The minimum Gasteiger partial charge on any atom is -0.326 e. The molecule has 1 rings (SSSR count). The Hall–Kier alpha value is -1.34. The highest BCUT2D eigenvalue weighted by Gasteiger charge is 1.98. The average Bonchev–Trinajstić information content (AvgIpc) is 2.30. The van der Waals surface area contributed by atoms with Crippen molar-refractivity contribution in [3.8, 4) is 0 Å². The molecule has 0 aliphatic carbocycles. The summed E-state index contributed by atoms with van der Waals surface area (Å²) in [6, 6.07) is 8.43. The van der Waals surface area contributed by atoms with E-state index in [4.69, 9.17) is 5.73 Å².